The van der Waals surface area contributed by atoms with Crippen LogP contribution in [0, 0.1) is 5.82 Å². The van der Waals surface area contributed by atoms with Gasteiger partial charge in [-0.2, -0.15) is 0 Å². The van der Waals surface area contributed by atoms with E-state index in [1.54, 1.807) is 20.8 Å². The molecule has 0 saturated heterocycles. The lowest BCUT2D eigenvalue weighted by Crippen LogP contribution is -2.13. The standard InChI is InChI=1S/C9H10BFO2/c1-2-13-8-4-3-7(10)6(5-12)9(8)11/h3-5H,2,10H2,1H3. The average molecular weight is 180 g/mol. The molecule has 0 radical (unpaired) electrons. The number of carbonyl (C=O) groups is 1. The van der Waals surface area contributed by atoms with Crippen molar-refractivity contribution >= 4 is 19.6 Å². The molecule has 0 spiro atoms. The minimum Gasteiger partial charge on any atom is -0.491 e. The van der Waals surface area contributed by atoms with Gasteiger partial charge < -0.3 is 4.74 Å². The van der Waals surface area contributed by atoms with E-state index in [1.807, 2.05) is 0 Å². The quantitative estimate of drug-likeness (QED) is 0.493. The van der Waals surface area contributed by atoms with E-state index in [0.717, 1.165) is 0 Å². The van der Waals surface area contributed by atoms with Crippen molar-refractivity contribution in [1.29, 1.82) is 0 Å². The highest BCUT2D eigenvalue weighted by Gasteiger charge is 2.10. The second-order valence-electron chi connectivity index (χ2n) is 2.66. The van der Waals surface area contributed by atoms with E-state index in [2.05, 4.69) is 0 Å². The van der Waals surface area contributed by atoms with Crippen molar-refractivity contribution in [2.24, 2.45) is 0 Å². The zero-order chi connectivity index (χ0) is 9.84. The fourth-order valence-corrected chi connectivity index (χ4v) is 1.08. The van der Waals surface area contributed by atoms with Crippen molar-refractivity contribution < 1.29 is 13.9 Å². The van der Waals surface area contributed by atoms with Crippen molar-refractivity contribution in [3.05, 3.63) is 23.5 Å². The van der Waals surface area contributed by atoms with Crippen LogP contribution in [0.1, 0.15) is 17.3 Å². The lowest BCUT2D eigenvalue weighted by Gasteiger charge is -2.07. The molecule has 0 aromatic heterocycles. The minimum absolute atomic E-state index is 0.0750. The maximum absolute atomic E-state index is 13.4. The predicted molar refractivity (Wildman–Crippen MR) is 51.1 cm³/mol. The molecule has 0 bridgehead atoms. The number of benzene rings is 1. The van der Waals surface area contributed by atoms with Gasteiger partial charge in [0.15, 0.2) is 17.9 Å². The highest BCUT2D eigenvalue weighted by Crippen LogP contribution is 2.17. The Morgan fingerprint density at radius 1 is 1.62 bits per heavy atom. The van der Waals surface area contributed by atoms with Crippen molar-refractivity contribution in [3.63, 3.8) is 0 Å². The van der Waals surface area contributed by atoms with Crippen LogP contribution < -0.4 is 10.2 Å². The van der Waals surface area contributed by atoms with Crippen LogP contribution in [0.15, 0.2) is 12.1 Å². The molecule has 2 nitrogen and oxygen atoms in total. The van der Waals surface area contributed by atoms with Crippen molar-refractivity contribution in [2.45, 2.75) is 6.92 Å². The summed E-state index contributed by atoms with van der Waals surface area (Å²) in [5, 5.41) is 0. The van der Waals surface area contributed by atoms with E-state index >= 15 is 0 Å². The van der Waals surface area contributed by atoms with Gasteiger partial charge in [-0.05, 0) is 13.0 Å². The first kappa shape index (κ1) is 9.77. The molecule has 0 fully saturated rings. The van der Waals surface area contributed by atoms with Gasteiger partial charge >= 0.3 is 0 Å². The molecule has 0 aliphatic rings. The molecule has 68 valence electrons. The second kappa shape index (κ2) is 4.07. The van der Waals surface area contributed by atoms with Gasteiger partial charge in [-0.3, -0.25) is 4.79 Å². The van der Waals surface area contributed by atoms with E-state index in [0.29, 0.717) is 18.4 Å². The van der Waals surface area contributed by atoms with Crippen molar-refractivity contribution in [1.82, 2.24) is 0 Å². The van der Waals surface area contributed by atoms with Crippen LogP contribution in [0.25, 0.3) is 0 Å². The summed E-state index contributed by atoms with van der Waals surface area (Å²) in [5.41, 5.74) is 0.696. The van der Waals surface area contributed by atoms with Crippen LogP contribution in [-0.2, 0) is 0 Å². The number of aldehydes is 1. The Morgan fingerprint density at radius 2 is 2.31 bits per heavy atom. The highest BCUT2D eigenvalue weighted by molar-refractivity contribution is 6.35. The van der Waals surface area contributed by atoms with Crippen LogP contribution in [0.4, 0.5) is 4.39 Å². The molecule has 1 aromatic carbocycles. The topological polar surface area (TPSA) is 26.3 Å². The third-order valence-electron chi connectivity index (χ3n) is 1.78. The van der Waals surface area contributed by atoms with Crippen LogP contribution in [-0.4, -0.2) is 20.7 Å². The Bertz CT molecular complexity index is 326. The maximum atomic E-state index is 13.4. The fourth-order valence-electron chi connectivity index (χ4n) is 1.08. The summed E-state index contributed by atoms with van der Waals surface area (Å²) in [6, 6.07) is 3.19. The Hall–Kier alpha value is -1.32. The number of halogens is 1. The van der Waals surface area contributed by atoms with Crippen LogP contribution >= 0.6 is 0 Å². The lowest BCUT2D eigenvalue weighted by atomic mass is 9.90. The average Bonchev–Trinajstić information content (AvgIpc) is 2.11. The molecule has 4 heteroatoms. The third-order valence-corrected chi connectivity index (χ3v) is 1.78. The normalized spacial score (nSPS) is 9.69. The van der Waals surface area contributed by atoms with E-state index in [4.69, 9.17) is 4.74 Å². The molecule has 1 rings (SSSR count). The predicted octanol–water partition coefficient (Wildman–Crippen LogP) is 0.295. The summed E-state index contributed by atoms with van der Waals surface area (Å²) in [7, 11) is 1.68. The fraction of sp³-hybridized carbons (Fsp3) is 0.222. The van der Waals surface area contributed by atoms with Gasteiger partial charge in [0, 0.05) is 5.56 Å². The summed E-state index contributed by atoms with van der Waals surface area (Å²) in [5.74, 6) is -0.438. The third kappa shape index (κ3) is 1.88. The minimum atomic E-state index is -0.572. The summed E-state index contributed by atoms with van der Waals surface area (Å²) in [6.07, 6.45) is 0.507. The second-order valence-corrected chi connectivity index (χ2v) is 2.66. The van der Waals surface area contributed by atoms with E-state index in [-0.39, 0.29) is 11.3 Å². The Balaban J connectivity index is 3.19. The van der Waals surface area contributed by atoms with E-state index < -0.39 is 5.82 Å². The molecule has 0 saturated carbocycles. The van der Waals surface area contributed by atoms with Gasteiger partial charge in [0.05, 0.1) is 6.61 Å². The van der Waals surface area contributed by atoms with Crippen LogP contribution in [0.2, 0.25) is 0 Å². The molecule has 0 amide bonds. The molecule has 0 heterocycles. The summed E-state index contributed by atoms with van der Waals surface area (Å²) < 4.78 is 18.4. The van der Waals surface area contributed by atoms with Gasteiger partial charge in [0.25, 0.3) is 0 Å². The number of carbonyl (C=O) groups excluding carboxylic acids is 1. The molecule has 13 heavy (non-hydrogen) atoms. The van der Waals surface area contributed by atoms with Crippen LogP contribution in [0.5, 0.6) is 5.75 Å². The molecular weight excluding hydrogens is 170 g/mol. The Labute approximate surface area is 77.1 Å². The van der Waals surface area contributed by atoms with Crippen molar-refractivity contribution in [3.8, 4) is 5.75 Å². The first-order chi connectivity index (χ1) is 6.20. The number of ether oxygens (including phenoxy) is 1. The number of hydrogen-bond donors (Lipinski definition) is 0. The van der Waals surface area contributed by atoms with Gasteiger partial charge in [-0.15, -0.1) is 0 Å². The van der Waals surface area contributed by atoms with Gasteiger partial charge in [-0.1, -0.05) is 11.5 Å². The van der Waals surface area contributed by atoms with Crippen molar-refractivity contribution in [2.75, 3.05) is 6.61 Å². The smallest absolute Gasteiger partial charge is 0.174 e. The lowest BCUT2D eigenvalue weighted by molar-refractivity contribution is 0.112. The van der Waals surface area contributed by atoms with Gasteiger partial charge in [0.1, 0.15) is 7.85 Å². The zero-order valence-electron chi connectivity index (χ0n) is 7.63. The first-order valence-corrected chi connectivity index (χ1v) is 4.07. The Kier molecular flexibility index (Phi) is 3.06. The summed E-state index contributed by atoms with van der Waals surface area (Å²) in [4.78, 5) is 10.5. The van der Waals surface area contributed by atoms with Crippen LogP contribution in [0.3, 0.4) is 0 Å². The zero-order valence-corrected chi connectivity index (χ0v) is 7.63. The molecule has 0 aliphatic carbocycles. The Morgan fingerprint density at radius 3 is 2.85 bits per heavy atom. The largest absolute Gasteiger partial charge is 0.491 e. The maximum Gasteiger partial charge on any atom is 0.174 e. The monoisotopic (exact) mass is 180 g/mol. The molecule has 0 aliphatic heterocycles. The van der Waals surface area contributed by atoms with E-state index in [1.165, 1.54) is 6.07 Å². The molecule has 0 N–H and O–H groups in total. The molecular formula is C9H10BFO2. The molecule has 0 unspecified atom stereocenters. The summed E-state index contributed by atoms with van der Waals surface area (Å²) >= 11 is 0. The highest BCUT2D eigenvalue weighted by atomic mass is 19.1. The molecule has 1 aromatic rings. The number of hydrogen-bond acceptors (Lipinski definition) is 2. The molecule has 0 atom stereocenters. The SMILES string of the molecule is Bc1ccc(OCC)c(F)c1C=O. The van der Waals surface area contributed by atoms with Gasteiger partial charge in [-0.25, -0.2) is 4.39 Å². The van der Waals surface area contributed by atoms with Gasteiger partial charge in [0.2, 0.25) is 0 Å². The first-order valence-electron chi connectivity index (χ1n) is 4.07. The number of rotatable bonds is 3. The van der Waals surface area contributed by atoms with E-state index in [9.17, 15) is 9.18 Å². The summed E-state index contributed by atoms with van der Waals surface area (Å²) in [6.45, 7) is 2.15.